The average molecular weight is 239 g/mol. The van der Waals surface area contributed by atoms with Gasteiger partial charge in [0.15, 0.2) is 5.75 Å². The van der Waals surface area contributed by atoms with Gasteiger partial charge in [-0.1, -0.05) is 6.07 Å². The summed E-state index contributed by atoms with van der Waals surface area (Å²) in [4.78, 5) is 22.4. The predicted molar refractivity (Wildman–Crippen MR) is 60.1 cm³/mol. The number of anilines is 1. The molecule has 6 heteroatoms. The van der Waals surface area contributed by atoms with Gasteiger partial charge in [-0.15, -0.1) is 0 Å². The SMILES string of the molecule is CCOC(=O)Nc1cccc(C(=O)OC)c1O. The minimum Gasteiger partial charge on any atom is -0.505 e. The Bertz CT molecular complexity index is 430. The van der Waals surface area contributed by atoms with Gasteiger partial charge in [0.25, 0.3) is 0 Å². The number of phenols is 1. The molecular weight excluding hydrogens is 226 g/mol. The van der Waals surface area contributed by atoms with Crippen molar-refractivity contribution in [2.75, 3.05) is 19.0 Å². The fourth-order valence-electron chi connectivity index (χ4n) is 1.20. The summed E-state index contributed by atoms with van der Waals surface area (Å²) in [5, 5.41) is 12.0. The number of rotatable bonds is 3. The van der Waals surface area contributed by atoms with Crippen molar-refractivity contribution in [1.29, 1.82) is 0 Å². The van der Waals surface area contributed by atoms with E-state index in [9.17, 15) is 14.7 Å². The molecule has 0 heterocycles. The van der Waals surface area contributed by atoms with Gasteiger partial charge in [-0.05, 0) is 19.1 Å². The number of esters is 1. The zero-order valence-electron chi connectivity index (χ0n) is 9.52. The van der Waals surface area contributed by atoms with E-state index in [2.05, 4.69) is 14.8 Å². The molecule has 1 rings (SSSR count). The summed E-state index contributed by atoms with van der Waals surface area (Å²) in [5.41, 5.74) is 0.0631. The van der Waals surface area contributed by atoms with Gasteiger partial charge in [0, 0.05) is 0 Å². The lowest BCUT2D eigenvalue weighted by Gasteiger charge is -2.09. The number of ether oxygens (including phenoxy) is 2. The van der Waals surface area contributed by atoms with Crippen LogP contribution in [0.4, 0.5) is 10.5 Å². The first kappa shape index (κ1) is 12.8. The van der Waals surface area contributed by atoms with Crippen LogP contribution in [0.15, 0.2) is 18.2 Å². The second-order valence-electron chi connectivity index (χ2n) is 3.04. The zero-order valence-corrected chi connectivity index (χ0v) is 9.52. The van der Waals surface area contributed by atoms with Gasteiger partial charge in [-0.25, -0.2) is 9.59 Å². The number of carbonyl (C=O) groups excluding carboxylic acids is 2. The molecule has 0 unspecified atom stereocenters. The lowest BCUT2D eigenvalue weighted by atomic mass is 10.1. The van der Waals surface area contributed by atoms with E-state index in [4.69, 9.17) is 0 Å². The summed E-state index contributed by atoms with van der Waals surface area (Å²) in [7, 11) is 1.20. The third-order valence-electron chi connectivity index (χ3n) is 1.95. The lowest BCUT2D eigenvalue weighted by molar-refractivity contribution is 0.0597. The summed E-state index contributed by atoms with van der Waals surface area (Å²) in [6, 6.07) is 4.34. The summed E-state index contributed by atoms with van der Waals surface area (Å²) in [6.07, 6.45) is -0.704. The Morgan fingerprint density at radius 2 is 2.12 bits per heavy atom. The van der Waals surface area contributed by atoms with Crippen LogP contribution in [0.25, 0.3) is 0 Å². The van der Waals surface area contributed by atoms with E-state index in [1.54, 1.807) is 6.92 Å². The van der Waals surface area contributed by atoms with Crippen molar-refractivity contribution in [3.05, 3.63) is 23.8 Å². The van der Waals surface area contributed by atoms with Crippen molar-refractivity contribution < 1.29 is 24.2 Å². The van der Waals surface area contributed by atoms with Gasteiger partial charge < -0.3 is 14.6 Å². The summed E-state index contributed by atoms with van der Waals surface area (Å²) < 4.78 is 9.13. The molecule has 1 aromatic rings. The summed E-state index contributed by atoms with van der Waals surface area (Å²) in [6.45, 7) is 1.87. The molecule has 1 amide bonds. The van der Waals surface area contributed by atoms with E-state index in [0.717, 1.165) is 0 Å². The molecule has 0 aromatic heterocycles. The van der Waals surface area contributed by atoms with Crippen LogP contribution >= 0.6 is 0 Å². The van der Waals surface area contributed by atoms with E-state index in [0.29, 0.717) is 0 Å². The van der Waals surface area contributed by atoms with Crippen LogP contribution in [-0.4, -0.2) is 30.9 Å². The number of aromatic hydroxyl groups is 1. The molecule has 0 bridgehead atoms. The van der Waals surface area contributed by atoms with E-state index in [-0.39, 0.29) is 23.6 Å². The minimum atomic E-state index is -0.704. The minimum absolute atomic E-state index is 0.0261. The molecule has 17 heavy (non-hydrogen) atoms. The number of methoxy groups -OCH3 is 1. The number of para-hydroxylation sites is 1. The number of hydrogen-bond acceptors (Lipinski definition) is 5. The van der Waals surface area contributed by atoms with Gasteiger partial charge in [0.1, 0.15) is 5.56 Å². The van der Waals surface area contributed by atoms with Crippen molar-refractivity contribution in [3.63, 3.8) is 0 Å². The van der Waals surface area contributed by atoms with Gasteiger partial charge in [0.05, 0.1) is 19.4 Å². The molecular formula is C11H13NO5. The molecule has 0 aliphatic heterocycles. The number of amides is 1. The third kappa shape index (κ3) is 3.10. The third-order valence-corrected chi connectivity index (χ3v) is 1.95. The van der Waals surface area contributed by atoms with Crippen molar-refractivity contribution in [1.82, 2.24) is 0 Å². The second-order valence-corrected chi connectivity index (χ2v) is 3.04. The first-order chi connectivity index (χ1) is 8.10. The molecule has 92 valence electrons. The highest BCUT2D eigenvalue weighted by Crippen LogP contribution is 2.27. The van der Waals surface area contributed by atoms with Crippen LogP contribution in [0.2, 0.25) is 0 Å². The van der Waals surface area contributed by atoms with Crippen LogP contribution in [0, 0.1) is 0 Å². The Kier molecular flexibility index (Phi) is 4.33. The van der Waals surface area contributed by atoms with Crippen LogP contribution < -0.4 is 5.32 Å². The maximum Gasteiger partial charge on any atom is 0.411 e. The Hall–Kier alpha value is -2.24. The van der Waals surface area contributed by atoms with Crippen LogP contribution in [0.5, 0.6) is 5.75 Å². The van der Waals surface area contributed by atoms with Gasteiger partial charge >= 0.3 is 12.1 Å². The first-order valence-corrected chi connectivity index (χ1v) is 4.94. The maximum atomic E-state index is 11.3. The topological polar surface area (TPSA) is 84.9 Å². The standard InChI is InChI=1S/C11H13NO5/c1-3-17-11(15)12-8-6-4-5-7(9(8)13)10(14)16-2/h4-6,13H,3H2,1-2H3,(H,12,15). The maximum absolute atomic E-state index is 11.3. The lowest BCUT2D eigenvalue weighted by Crippen LogP contribution is -2.14. The fourth-order valence-corrected chi connectivity index (χ4v) is 1.20. The Balaban J connectivity index is 2.94. The van der Waals surface area contributed by atoms with Crippen LogP contribution in [0.1, 0.15) is 17.3 Å². The van der Waals surface area contributed by atoms with Crippen molar-refractivity contribution in [3.8, 4) is 5.75 Å². The number of benzene rings is 1. The predicted octanol–water partition coefficient (Wildman–Crippen LogP) is 1.75. The Morgan fingerprint density at radius 3 is 2.71 bits per heavy atom. The van der Waals surface area contributed by atoms with E-state index >= 15 is 0 Å². The fraction of sp³-hybridized carbons (Fsp3) is 0.273. The molecule has 0 aliphatic rings. The monoisotopic (exact) mass is 239 g/mol. The van der Waals surface area contributed by atoms with Crippen LogP contribution in [0.3, 0.4) is 0 Å². The highest BCUT2D eigenvalue weighted by atomic mass is 16.5. The molecule has 0 atom stereocenters. The largest absolute Gasteiger partial charge is 0.505 e. The highest BCUT2D eigenvalue weighted by Gasteiger charge is 2.15. The summed E-state index contributed by atoms with van der Waals surface area (Å²) >= 11 is 0. The van der Waals surface area contributed by atoms with Gasteiger partial charge in [0.2, 0.25) is 0 Å². The van der Waals surface area contributed by atoms with E-state index in [1.165, 1.54) is 25.3 Å². The van der Waals surface area contributed by atoms with Gasteiger partial charge in [-0.2, -0.15) is 0 Å². The normalized spacial score (nSPS) is 9.53. The highest BCUT2D eigenvalue weighted by molar-refractivity contribution is 5.97. The number of phenolic OH excluding ortho intramolecular Hbond substituents is 1. The quantitative estimate of drug-likeness (QED) is 0.620. The van der Waals surface area contributed by atoms with Crippen molar-refractivity contribution in [2.24, 2.45) is 0 Å². The molecule has 0 saturated heterocycles. The average Bonchev–Trinajstić information content (AvgIpc) is 2.31. The molecule has 0 fully saturated rings. The van der Waals surface area contributed by atoms with E-state index < -0.39 is 12.1 Å². The molecule has 6 nitrogen and oxygen atoms in total. The van der Waals surface area contributed by atoms with Crippen LogP contribution in [-0.2, 0) is 9.47 Å². The molecule has 0 radical (unpaired) electrons. The van der Waals surface area contributed by atoms with Gasteiger partial charge in [-0.3, -0.25) is 5.32 Å². The van der Waals surface area contributed by atoms with Crippen molar-refractivity contribution >= 4 is 17.7 Å². The molecule has 0 saturated carbocycles. The van der Waals surface area contributed by atoms with E-state index in [1.807, 2.05) is 0 Å². The number of nitrogens with one attached hydrogen (secondary N) is 1. The molecule has 2 N–H and O–H groups in total. The van der Waals surface area contributed by atoms with Crippen molar-refractivity contribution in [2.45, 2.75) is 6.92 Å². The Morgan fingerprint density at radius 1 is 1.41 bits per heavy atom. The molecule has 0 spiro atoms. The molecule has 0 aliphatic carbocycles. The Labute approximate surface area is 98.2 Å². The second kappa shape index (κ2) is 5.74. The first-order valence-electron chi connectivity index (χ1n) is 4.94. The zero-order chi connectivity index (χ0) is 12.8. The summed E-state index contributed by atoms with van der Waals surface area (Å²) in [5.74, 6) is -1.04. The molecule has 1 aromatic carbocycles. The smallest absolute Gasteiger partial charge is 0.411 e. The number of carbonyl (C=O) groups is 2. The number of hydrogen-bond donors (Lipinski definition) is 2.